The zero-order valence-corrected chi connectivity index (χ0v) is 19.8. The molecule has 1 aromatic rings. The first kappa shape index (κ1) is 27.1. The molecule has 4 rings (SSSR count). The number of nitrogens with one attached hydrogen (secondary N) is 2. The van der Waals surface area contributed by atoms with Crippen molar-refractivity contribution >= 4 is 30.7 Å². The van der Waals surface area contributed by atoms with Gasteiger partial charge in [-0.05, 0) is 74.6 Å². The van der Waals surface area contributed by atoms with Crippen molar-refractivity contribution in [3.8, 4) is 0 Å². The number of carbonyl (C=O) groups excluding carboxylic acids is 3. The van der Waals surface area contributed by atoms with Crippen molar-refractivity contribution in [3.63, 3.8) is 0 Å². The van der Waals surface area contributed by atoms with Gasteiger partial charge < -0.3 is 21.2 Å². The van der Waals surface area contributed by atoms with E-state index in [4.69, 9.17) is 16.4 Å². The molecule has 0 spiro atoms. The molecule has 174 valence electrons. The first-order valence-corrected chi connectivity index (χ1v) is 11.5. The third kappa shape index (κ3) is 6.30. The molecule has 3 aliphatic rings. The predicted molar refractivity (Wildman–Crippen MR) is 126 cm³/mol. The molecule has 31 heavy (non-hydrogen) atoms. The van der Waals surface area contributed by atoms with Crippen LogP contribution in [0.3, 0.4) is 0 Å². The summed E-state index contributed by atoms with van der Waals surface area (Å²) >= 11 is 6.29. The van der Waals surface area contributed by atoms with E-state index in [0.717, 1.165) is 43.0 Å². The van der Waals surface area contributed by atoms with Crippen LogP contribution in [0, 0.1) is 17.8 Å². The molecule has 0 aliphatic heterocycles. The monoisotopic (exact) mass is 451 g/mol. The molecule has 2 fully saturated rings. The van der Waals surface area contributed by atoms with Crippen LogP contribution >= 0.6 is 11.6 Å². The molecule has 2 amide bonds. The largest absolute Gasteiger partial charge is 0.359 e. The lowest BCUT2D eigenvalue weighted by atomic mass is 9.76. The van der Waals surface area contributed by atoms with Gasteiger partial charge >= 0.3 is 0 Å². The normalized spacial score (nSPS) is 25.7. The highest BCUT2D eigenvalue weighted by Crippen LogP contribution is 2.49. The summed E-state index contributed by atoms with van der Waals surface area (Å²) in [5.41, 5.74) is 6.84. The Balaban J connectivity index is 0.000000313. The summed E-state index contributed by atoms with van der Waals surface area (Å²) in [5.74, 6) is 1.88. The van der Waals surface area contributed by atoms with Crippen LogP contribution in [0.4, 0.5) is 0 Å². The maximum atomic E-state index is 11.1. The Morgan fingerprint density at radius 3 is 2.35 bits per heavy atom. The number of hydrogen-bond acceptors (Lipinski definition) is 4. The van der Waals surface area contributed by atoms with E-state index in [1.165, 1.54) is 43.9 Å². The van der Waals surface area contributed by atoms with E-state index >= 15 is 0 Å². The van der Waals surface area contributed by atoms with E-state index in [1.807, 2.05) is 18.9 Å². The Bertz CT molecular complexity index is 703. The number of benzene rings is 1. The lowest BCUT2D eigenvalue weighted by molar-refractivity contribution is -0.128. The Labute approximate surface area is 191 Å². The number of amides is 2. The molecule has 0 bridgehead atoms. The van der Waals surface area contributed by atoms with E-state index in [1.54, 1.807) is 7.05 Å². The van der Waals surface area contributed by atoms with Crippen LogP contribution in [-0.2, 0) is 26.3 Å². The molecule has 0 saturated heterocycles. The topological polar surface area (TPSA) is 101 Å². The van der Waals surface area contributed by atoms with E-state index in [0.29, 0.717) is 11.8 Å². The van der Waals surface area contributed by atoms with Crippen LogP contribution in [-0.4, -0.2) is 33.2 Å². The molecule has 1 atom stereocenters. The summed E-state index contributed by atoms with van der Waals surface area (Å²) < 4.78 is 0. The first-order valence-electron chi connectivity index (χ1n) is 11.1. The second-order valence-corrected chi connectivity index (χ2v) is 8.78. The summed E-state index contributed by atoms with van der Waals surface area (Å²) in [7, 11) is 3.20. The number of rotatable bonds is 4. The van der Waals surface area contributed by atoms with Crippen LogP contribution in [0.25, 0.3) is 0 Å². The standard InChI is InChI=1S/C15H18ClNO.C7H13NO.CH5N.CH2O/c16-14-7-3-6-13-12(14)8-9-15(13,17-10-18)11-4-1-2-5-11;1-5-3-6(4-5)7(9)8-2;2*1-2/h3,6-7,10-11H,1-2,4-5,8-9H2,(H,17,18);5-6H,3-4H2,1-2H3,(H,8,9);2H2,1H3;1H2. The van der Waals surface area contributed by atoms with Gasteiger partial charge in [-0.3, -0.25) is 9.59 Å². The molecule has 7 heteroatoms. The van der Waals surface area contributed by atoms with Gasteiger partial charge in [-0.15, -0.1) is 0 Å². The molecule has 0 aromatic heterocycles. The van der Waals surface area contributed by atoms with Crippen molar-refractivity contribution in [2.75, 3.05) is 14.1 Å². The minimum absolute atomic E-state index is 0.154. The summed E-state index contributed by atoms with van der Waals surface area (Å²) in [6, 6.07) is 6.09. The molecule has 6 nitrogen and oxygen atoms in total. The van der Waals surface area contributed by atoms with Crippen molar-refractivity contribution in [1.29, 1.82) is 0 Å². The van der Waals surface area contributed by atoms with Crippen molar-refractivity contribution in [1.82, 2.24) is 10.6 Å². The van der Waals surface area contributed by atoms with Gasteiger partial charge in [0.15, 0.2) is 0 Å². The molecule has 1 unspecified atom stereocenters. The Morgan fingerprint density at radius 2 is 1.84 bits per heavy atom. The molecule has 0 heterocycles. The number of halogens is 1. The summed E-state index contributed by atoms with van der Waals surface area (Å²) in [4.78, 5) is 29.9. The van der Waals surface area contributed by atoms with Crippen molar-refractivity contribution < 1.29 is 14.4 Å². The highest BCUT2D eigenvalue weighted by atomic mass is 35.5. The highest BCUT2D eigenvalue weighted by Gasteiger charge is 2.46. The fourth-order valence-corrected chi connectivity index (χ4v) is 5.49. The molecular weight excluding hydrogens is 414 g/mol. The molecule has 4 N–H and O–H groups in total. The van der Waals surface area contributed by atoms with Gasteiger partial charge in [0.25, 0.3) is 0 Å². The lowest BCUT2D eigenvalue weighted by Gasteiger charge is -2.36. The maximum Gasteiger partial charge on any atom is 0.222 e. The minimum atomic E-state index is -0.154. The van der Waals surface area contributed by atoms with Gasteiger partial charge in [0.2, 0.25) is 12.3 Å². The van der Waals surface area contributed by atoms with E-state index < -0.39 is 0 Å². The van der Waals surface area contributed by atoms with Gasteiger partial charge in [0, 0.05) is 18.0 Å². The zero-order chi connectivity index (χ0) is 23.4. The van der Waals surface area contributed by atoms with Gasteiger partial charge in [-0.2, -0.15) is 0 Å². The quantitative estimate of drug-likeness (QED) is 0.609. The van der Waals surface area contributed by atoms with E-state index in [-0.39, 0.29) is 11.4 Å². The minimum Gasteiger partial charge on any atom is -0.359 e. The third-order valence-electron chi connectivity index (χ3n) is 6.73. The van der Waals surface area contributed by atoms with Gasteiger partial charge in [0.05, 0.1) is 5.54 Å². The fourth-order valence-electron chi connectivity index (χ4n) is 5.22. The van der Waals surface area contributed by atoms with Crippen LogP contribution < -0.4 is 16.4 Å². The Morgan fingerprint density at radius 1 is 1.23 bits per heavy atom. The number of hydrogen-bond donors (Lipinski definition) is 3. The lowest BCUT2D eigenvalue weighted by Crippen LogP contribution is -2.45. The van der Waals surface area contributed by atoms with Crippen LogP contribution in [0.15, 0.2) is 18.2 Å². The first-order chi connectivity index (χ1) is 15.0. The van der Waals surface area contributed by atoms with Gasteiger partial charge in [0.1, 0.15) is 6.79 Å². The summed E-state index contributed by atoms with van der Waals surface area (Å²) in [6.07, 6.45) is 10.0. The van der Waals surface area contributed by atoms with E-state index in [9.17, 15) is 9.59 Å². The molecule has 1 aromatic carbocycles. The van der Waals surface area contributed by atoms with Gasteiger partial charge in [-0.1, -0.05) is 43.5 Å². The second kappa shape index (κ2) is 13.5. The smallest absolute Gasteiger partial charge is 0.222 e. The van der Waals surface area contributed by atoms with Crippen molar-refractivity contribution in [2.24, 2.45) is 23.5 Å². The van der Waals surface area contributed by atoms with Crippen LogP contribution in [0.5, 0.6) is 0 Å². The molecule has 2 saturated carbocycles. The number of carbonyl (C=O) groups is 3. The summed E-state index contributed by atoms with van der Waals surface area (Å²) in [6.45, 7) is 4.18. The van der Waals surface area contributed by atoms with Crippen LogP contribution in [0.2, 0.25) is 5.02 Å². The predicted octanol–water partition coefficient (Wildman–Crippen LogP) is 3.59. The average molecular weight is 452 g/mol. The summed E-state index contributed by atoms with van der Waals surface area (Å²) in [5, 5.41) is 6.64. The zero-order valence-electron chi connectivity index (χ0n) is 19.1. The van der Waals surface area contributed by atoms with Crippen LogP contribution in [0.1, 0.15) is 63.0 Å². The van der Waals surface area contributed by atoms with Gasteiger partial charge in [-0.25, -0.2) is 0 Å². The maximum absolute atomic E-state index is 11.1. The molecular formula is C24H38ClN3O3. The second-order valence-electron chi connectivity index (χ2n) is 8.37. The fraction of sp³-hybridized carbons (Fsp3) is 0.625. The number of fused-ring (bicyclic) bond motifs is 1. The highest BCUT2D eigenvalue weighted by molar-refractivity contribution is 6.31. The number of nitrogens with two attached hydrogens (primary N) is 1. The Hall–Kier alpha value is -1.92. The van der Waals surface area contributed by atoms with Crippen molar-refractivity contribution in [2.45, 2.75) is 63.8 Å². The van der Waals surface area contributed by atoms with Crippen molar-refractivity contribution in [3.05, 3.63) is 34.3 Å². The van der Waals surface area contributed by atoms with E-state index in [2.05, 4.69) is 29.4 Å². The average Bonchev–Trinajstić information content (AvgIpc) is 3.45. The third-order valence-corrected chi connectivity index (χ3v) is 7.08. The SMILES string of the molecule is C=O.CN.CNC(=O)C1CC(C)C1.O=CNC1(C2CCCC2)CCc2c(Cl)cccc21. The Kier molecular flexibility index (Phi) is 11.8. The molecule has 3 aliphatic carbocycles. The molecule has 0 radical (unpaired) electrons.